The van der Waals surface area contributed by atoms with Gasteiger partial charge < -0.3 is 9.42 Å². The zero-order chi connectivity index (χ0) is 18.1. The van der Waals surface area contributed by atoms with Crippen molar-refractivity contribution in [3.8, 4) is 0 Å². The zero-order valence-corrected chi connectivity index (χ0v) is 15.1. The predicted octanol–water partition coefficient (Wildman–Crippen LogP) is 3.25. The Bertz CT molecular complexity index is 796. The van der Waals surface area contributed by atoms with Gasteiger partial charge in [-0.05, 0) is 62.4 Å². The number of benzene rings is 1. The van der Waals surface area contributed by atoms with Gasteiger partial charge >= 0.3 is 0 Å². The van der Waals surface area contributed by atoms with Gasteiger partial charge in [-0.3, -0.25) is 9.69 Å². The molecule has 2 fully saturated rings. The van der Waals surface area contributed by atoms with Crippen LogP contribution in [0, 0.1) is 18.2 Å². The topological polar surface area (TPSA) is 49.6 Å². The first-order valence-corrected chi connectivity index (χ1v) is 9.22. The summed E-state index contributed by atoms with van der Waals surface area (Å²) in [7, 11) is 0. The van der Waals surface area contributed by atoms with Gasteiger partial charge in [-0.1, -0.05) is 17.3 Å². The third-order valence-corrected chi connectivity index (χ3v) is 5.78. The first-order chi connectivity index (χ1) is 12.5. The van der Waals surface area contributed by atoms with Gasteiger partial charge in [0.1, 0.15) is 11.6 Å². The number of carbonyl (C=O) groups is 1. The highest BCUT2D eigenvalue weighted by molar-refractivity contribution is 5.92. The number of carbonyl (C=O) groups excluding carboxylic acids is 1. The zero-order valence-electron chi connectivity index (χ0n) is 15.1. The lowest BCUT2D eigenvalue weighted by Gasteiger charge is -2.39. The van der Waals surface area contributed by atoms with Gasteiger partial charge in [0.05, 0.1) is 0 Å². The molecule has 4 rings (SSSR count). The molecule has 0 bridgehead atoms. The normalized spacial score (nSPS) is 20.0. The lowest BCUT2D eigenvalue weighted by molar-refractivity contribution is 0.0704. The van der Waals surface area contributed by atoms with E-state index in [0.717, 1.165) is 57.5 Å². The number of nitrogens with zero attached hydrogens (tertiary/aromatic N) is 3. The Labute approximate surface area is 152 Å². The predicted molar refractivity (Wildman–Crippen MR) is 95.1 cm³/mol. The second kappa shape index (κ2) is 6.83. The molecule has 6 heteroatoms. The number of halogens is 1. The van der Waals surface area contributed by atoms with Gasteiger partial charge in [0.25, 0.3) is 5.91 Å². The van der Waals surface area contributed by atoms with E-state index in [2.05, 4.69) is 10.1 Å². The minimum absolute atomic E-state index is 0.0269. The summed E-state index contributed by atoms with van der Waals surface area (Å²) in [5, 5.41) is 3.85. The van der Waals surface area contributed by atoms with E-state index in [1.165, 1.54) is 6.07 Å². The summed E-state index contributed by atoms with van der Waals surface area (Å²) in [6.07, 6.45) is 3.19. The van der Waals surface area contributed by atoms with Crippen LogP contribution >= 0.6 is 0 Å². The number of hydrogen-bond acceptors (Lipinski definition) is 4. The van der Waals surface area contributed by atoms with Gasteiger partial charge in [0.15, 0.2) is 5.69 Å². The van der Waals surface area contributed by atoms with Crippen LogP contribution in [-0.4, -0.2) is 47.0 Å². The number of rotatable bonds is 3. The lowest BCUT2D eigenvalue weighted by atomic mass is 9.77. The molecule has 2 aliphatic rings. The molecule has 0 N–H and O–H groups in total. The summed E-state index contributed by atoms with van der Waals surface area (Å²) in [5.41, 5.74) is 1.64. The van der Waals surface area contributed by atoms with Gasteiger partial charge in [-0.25, -0.2) is 4.39 Å². The van der Waals surface area contributed by atoms with Crippen LogP contribution in [0.5, 0.6) is 0 Å². The van der Waals surface area contributed by atoms with Crippen LogP contribution in [0.25, 0.3) is 0 Å². The smallest absolute Gasteiger partial charge is 0.276 e. The summed E-state index contributed by atoms with van der Waals surface area (Å²) < 4.78 is 18.4. The Morgan fingerprint density at radius 1 is 1.23 bits per heavy atom. The molecule has 0 aliphatic carbocycles. The largest absolute Gasteiger partial charge is 0.361 e. The standard InChI is InChI=1S/C20H24FN3O2/c1-15-11-18(22-26-15)19(25)24-10-7-20(14-24)5-8-23(9-6-20)13-16-3-2-4-17(21)12-16/h2-4,11-12H,5-10,13-14H2,1H3. The summed E-state index contributed by atoms with van der Waals surface area (Å²) in [4.78, 5) is 16.9. The van der Waals surface area contributed by atoms with Crippen molar-refractivity contribution in [1.82, 2.24) is 15.0 Å². The minimum atomic E-state index is -0.177. The van der Waals surface area contributed by atoms with E-state index in [-0.39, 0.29) is 17.1 Å². The SMILES string of the molecule is Cc1cc(C(=O)N2CCC3(CCN(Cc4cccc(F)c4)CC3)C2)no1. The number of hydrogen-bond donors (Lipinski definition) is 0. The second-order valence-electron chi connectivity index (χ2n) is 7.71. The van der Waals surface area contributed by atoms with Crippen molar-refractivity contribution in [1.29, 1.82) is 0 Å². The van der Waals surface area contributed by atoms with Crippen molar-refractivity contribution in [3.05, 3.63) is 53.2 Å². The Balaban J connectivity index is 1.33. The Morgan fingerprint density at radius 2 is 2.00 bits per heavy atom. The molecular formula is C20H24FN3O2. The van der Waals surface area contributed by atoms with E-state index in [0.29, 0.717) is 11.5 Å². The fourth-order valence-corrected chi connectivity index (χ4v) is 4.22. The summed E-state index contributed by atoms with van der Waals surface area (Å²) in [6, 6.07) is 8.54. The average molecular weight is 357 g/mol. The molecule has 1 spiro atoms. The van der Waals surface area contributed by atoms with E-state index < -0.39 is 0 Å². The fourth-order valence-electron chi connectivity index (χ4n) is 4.22. The molecule has 3 heterocycles. The molecule has 0 atom stereocenters. The third-order valence-electron chi connectivity index (χ3n) is 5.78. The summed E-state index contributed by atoms with van der Waals surface area (Å²) >= 11 is 0. The molecule has 2 aromatic rings. The van der Waals surface area contributed by atoms with Gasteiger partial charge in [-0.15, -0.1) is 0 Å². The van der Waals surface area contributed by atoms with E-state index >= 15 is 0 Å². The van der Waals surface area contributed by atoms with Crippen LogP contribution < -0.4 is 0 Å². The molecule has 0 saturated carbocycles. The number of piperidine rings is 1. The highest BCUT2D eigenvalue weighted by Crippen LogP contribution is 2.41. The quantitative estimate of drug-likeness (QED) is 0.846. The molecular weight excluding hydrogens is 333 g/mol. The van der Waals surface area contributed by atoms with Crippen molar-refractivity contribution >= 4 is 5.91 Å². The van der Waals surface area contributed by atoms with Crippen molar-refractivity contribution in [3.63, 3.8) is 0 Å². The molecule has 1 aromatic carbocycles. The molecule has 1 amide bonds. The first kappa shape index (κ1) is 17.2. The maximum absolute atomic E-state index is 13.4. The fraction of sp³-hybridized carbons (Fsp3) is 0.500. The van der Waals surface area contributed by atoms with Crippen molar-refractivity contribution in [2.45, 2.75) is 32.7 Å². The highest BCUT2D eigenvalue weighted by Gasteiger charge is 2.42. The first-order valence-electron chi connectivity index (χ1n) is 9.22. The molecule has 2 aliphatic heterocycles. The van der Waals surface area contributed by atoms with Crippen LogP contribution in [0.4, 0.5) is 4.39 Å². The molecule has 5 nitrogen and oxygen atoms in total. The van der Waals surface area contributed by atoms with Crippen LogP contribution in [0.2, 0.25) is 0 Å². The van der Waals surface area contributed by atoms with Crippen molar-refractivity contribution in [2.75, 3.05) is 26.2 Å². The van der Waals surface area contributed by atoms with Crippen LogP contribution in [0.15, 0.2) is 34.9 Å². The van der Waals surface area contributed by atoms with Crippen molar-refractivity contribution in [2.24, 2.45) is 5.41 Å². The molecule has 2 saturated heterocycles. The Morgan fingerprint density at radius 3 is 2.69 bits per heavy atom. The number of aryl methyl sites for hydroxylation is 1. The maximum Gasteiger partial charge on any atom is 0.276 e. The van der Waals surface area contributed by atoms with E-state index in [1.807, 2.05) is 11.0 Å². The molecule has 138 valence electrons. The monoisotopic (exact) mass is 357 g/mol. The second-order valence-corrected chi connectivity index (χ2v) is 7.71. The number of aromatic nitrogens is 1. The van der Waals surface area contributed by atoms with E-state index in [4.69, 9.17) is 4.52 Å². The van der Waals surface area contributed by atoms with Crippen molar-refractivity contribution < 1.29 is 13.7 Å². The van der Waals surface area contributed by atoms with E-state index in [9.17, 15) is 9.18 Å². The number of likely N-dealkylation sites (tertiary alicyclic amines) is 2. The van der Waals surface area contributed by atoms with Crippen LogP contribution in [-0.2, 0) is 6.54 Å². The molecule has 26 heavy (non-hydrogen) atoms. The highest BCUT2D eigenvalue weighted by atomic mass is 19.1. The lowest BCUT2D eigenvalue weighted by Crippen LogP contribution is -2.42. The summed E-state index contributed by atoms with van der Waals surface area (Å²) in [6.45, 7) is 6.14. The molecule has 0 unspecified atom stereocenters. The van der Waals surface area contributed by atoms with Crippen LogP contribution in [0.3, 0.4) is 0 Å². The van der Waals surface area contributed by atoms with E-state index in [1.54, 1.807) is 25.1 Å². The number of amides is 1. The van der Waals surface area contributed by atoms with Crippen LogP contribution in [0.1, 0.15) is 41.1 Å². The minimum Gasteiger partial charge on any atom is -0.361 e. The average Bonchev–Trinajstić information content (AvgIpc) is 3.24. The van der Waals surface area contributed by atoms with Gasteiger partial charge in [-0.2, -0.15) is 0 Å². The molecule has 1 aromatic heterocycles. The van der Waals surface area contributed by atoms with Gasteiger partial charge in [0.2, 0.25) is 0 Å². The van der Waals surface area contributed by atoms with Gasteiger partial charge in [0, 0.05) is 25.7 Å². The molecule has 0 radical (unpaired) electrons. The Kier molecular flexibility index (Phi) is 4.53. The Hall–Kier alpha value is -2.21. The maximum atomic E-state index is 13.4. The third kappa shape index (κ3) is 3.51. The summed E-state index contributed by atoms with van der Waals surface area (Å²) in [5.74, 6) is 0.456.